The maximum Gasteiger partial charge on any atom is 0.310 e. The molecule has 1 N–H and O–H groups in total. The van der Waals surface area contributed by atoms with Crippen LogP contribution < -0.4 is 0 Å². The van der Waals surface area contributed by atoms with Crippen LogP contribution in [0, 0.1) is 11.8 Å². The summed E-state index contributed by atoms with van der Waals surface area (Å²) in [6, 6.07) is -0.370. The number of ether oxygens (including phenoxy) is 1. The molecule has 3 saturated heterocycles. The summed E-state index contributed by atoms with van der Waals surface area (Å²) in [6.45, 7) is 9.06. The highest BCUT2D eigenvalue weighted by atomic mass is 32.2. The van der Waals surface area contributed by atoms with Crippen molar-refractivity contribution in [3.8, 4) is 0 Å². The van der Waals surface area contributed by atoms with E-state index >= 15 is 0 Å². The fraction of sp³-hybridized carbons (Fsp3) is 0.759. The predicted molar refractivity (Wildman–Crippen MR) is 146 cm³/mol. The van der Waals surface area contributed by atoms with Crippen molar-refractivity contribution in [2.45, 2.75) is 99.1 Å². The van der Waals surface area contributed by atoms with Gasteiger partial charge in [-0.15, -0.1) is 24.9 Å². The molecule has 0 aromatic heterocycles. The smallest absolute Gasteiger partial charge is 0.310 e. The molecule has 3 heterocycles. The number of nitrogens with zero attached hydrogens (tertiary/aromatic N) is 2. The lowest BCUT2D eigenvalue weighted by Gasteiger charge is -2.41. The Balaban J connectivity index is 1.62. The van der Waals surface area contributed by atoms with Crippen LogP contribution in [0.5, 0.6) is 0 Å². The highest BCUT2D eigenvalue weighted by Gasteiger charge is 2.74. The van der Waals surface area contributed by atoms with Crippen LogP contribution >= 0.6 is 11.8 Å². The number of amides is 2. The summed E-state index contributed by atoms with van der Waals surface area (Å²) in [5, 5.41) is 9.16. The predicted octanol–water partition coefficient (Wildman–Crippen LogP) is 4.10. The monoisotopic (exact) mass is 532 g/mol. The number of unbranched alkanes of at least 4 members (excludes halogenated alkanes) is 3. The summed E-state index contributed by atoms with van der Waals surface area (Å²) in [4.78, 5) is 45.5. The Morgan fingerprint density at radius 2 is 1.86 bits per heavy atom. The number of rotatable bonds is 14. The van der Waals surface area contributed by atoms with Gasteiger partial charge in [0.1, 0.15) is 6.04 Å². The van der Waals surface area contributed by atoms with Gasteiger partial charge < -0.3 is 19.6 Å². The molecular formula is C29H44N2O5S. The Bertz CT molecular complexity index is 859. The van der Waals surface area contributed by atoms with E-state index < -0.39 is 22.6 Å². The molecule has 7 nitrogen and oxygen atoms in total. The molecule has 37 heavy (non-hydrogen) atoms. The van der Waals surface area contributed by atoms with Crippen molar-refractivity contribution in [2.24, 2.45) is 11.8 Å². The molecule has 3 aliphatic heterocycles. The van der Waals surface area contributed by atoms with Crippen LogP contribution in [0.2, 0.25) is 0 Å². The molecule has 5 atom stereocenters. The third-order valence-electron chi connectivity index (χ3n) is 8.80. The van der Waals surface area contributed by atoms with Gasteiger partial charge in [-0.2, -0.15) is 0 Å². The minimum Gasteiger partial charge on any atom is -0.465 e. The third kappa shape index (κ3) is 5.51. The van der Waals surface area contributed by atoms with Gasteiger partial charge in [0.2, 0.25) is 11.8 Å². The van der Waals surface area contributed by atoms with Gasteiger partial charge in [0.05, 0.1) is 23.2 Å². The lowest BCUT2D eigenvalue weighted by atomic mass is 9.71. The van der Waals surface area contributed by atoms with Crippen molar-refractivity contribution in [1.82, 2.24) is 9.80 Å². The fourth-order valence-corrected chi connectivity index (χ4v) is 9.34. The number of thioether (sulfide) groups is 1. The highest BCUT2D eigenvalue weighted by molar-refractivity contribution is 8.02. The van der Waals surface area contributed by atoms with Gasteiger partial charge in [0, 0.05) is 31.0 Å². The minimum atomic E-state index is -0.569. The molecule has 2 amide bonds. The first-order valence-corrected chi connectivity index (χ1v) is 15.2. The van der Waals surface area contributed by atoms with Crippen LogP contribution in [-0.4, -0.2) is 81.1 Å². The second-order valence-corrected chi connectivity index (χ2v) is 12.6. The topological polar surface area (TPSA) is 87.2 Å². The summed E-state index contributed by atoms with van der Waals surface area (Å²) in [7, 11) is 0. The Labute approximate surface area is 226 Å². The average Bonchev–Trinajstić information content (AvgIpc) is 3.55. The van der Waals surface area contributed by atoms with Crippen LogP contribution in [0.4, 0.5) is 0 Å². The number of carbonyl (C=O) groups excluding carboxylic acids is 3. The standard InChI is InChI=1S/C29H44N2O5S/c1-3-5-20-36-28(35)23-22-15-16-29(37-22)24(23)26(33)31(18-11-6-7-12-19-32)25(29)27(34)30(17-4-2)21-13-9-8-10-14-21/h3-4,21-25,32H,1-2,5-20H2/t22-,23+,24-,25?,29?/m0/s1. The first kappa shape index (κ1) is 28.2. The van der Waals surface area contributed by atoms with Gasteiger partial charge in [-0.25, -0.2) is 0 Å². The van der Waals surface area contributed by atoms with E-state index in [0.717, 1.165) is 64.2 Å². The number of hydrogen-bond donors (Lipinski definition) is 1. The van der Waals surface area contributed by atoms with Crippen LogP contribution in [0.25, 0.3) is 0 Å². The SMILES string of the molecule is C=CCCOC(=O)[C@@H]1[C@@H]2CCC3(S2)C(C(=O)N(CC=C)C2CCCCC2)N(CCCCCCO)C(=O)[C@H]13. The normalized spacial score (nSPS) is 30.8. The van der Waals surface area contributed by atoms with Gasteiger partial charge in [-0.05, 0) is 44.9 Å². The third-order valence-corrected chi connectivity index (χ3v) is 10.8. The zero-order valence-corrected chi connectivity index (χ0v) is 23.0. The van der Waals surface area contributed by atoms with Gasteiger partial charge in [0.15, 0.2) is 0 Å². The largest absolute Gasteiger partial charge is 0.465 e. The molecule has 4 fully saturated rings. The van der Waals surface area contributed by atoms with E-state index in [0.29, 0.717) is 19.5 Å². The number of esters is 1. The molecule has 4 rings (SSSR count). The first-order valence-electron chi connectivity index (χ1n) is 14.3. The van der Waals surface area contributed by atoms with E-state index in [1.54, 1.807) is 23.9 Å². The highest BCUT2D eigenvalue weighted by Crippen LogP contribution is 2.66. The fourth-order valence-electron chi connectivity index (χ4n) is 7.14. The minimum absolute atomic E-state index is 0.0229. The van der Waals surface area contributed by atoms with E-state index in [-0.39, 0.29) is 42.3 Å². The van der Waals surface area contributed by atoms with Crippen molar-refractivity contribution >= 4 is 29.5 Å². The van der Waals surface area contributed by atoms with E-state index in [2.05, 4.69) is 13.2 Å². The number of likely N-dealkylation sites (tertiary alicyclic amines) is 1. The van der Waals surface area contributed by atoms with Crippen molar-refractivity contribution in [1.29, 1.82) is 0 Å². The summed E-state index contributed by atoms with van der Waals surface area (Å²) in [6.07, 6.45) is 14.4. The molecule has 206 valence electrons. The lowest BCUT2D eigenvalue weighted by Crippen LogP contribution is -2.57. The zero-order valence-electron chi connectivity index (χ0n) is 22.2. The van der Waals surface area contributed by atoms with E-state index in [1.165, 1.54) is 6.42 Å². The lowest BCUT2D eigenvalue weighted by molar-refractivity contribution is -0.154. The van der Waals surface area contributed by atoms with Crippen molar-refractivity contribution < 1.29 is 24.2 Å². The summed E-state index contributed by atoms with van der Waals surface area (Å²) in [5.41, 5.74) is 0. The Hall–Kier alpha value is -1.80. The number of aliphatic hydroxyl groups is 1. The van der Waals surface area contributed by atoms with E-state index in [4.69, 9.17) is 9.84 Å². The molecule has 1 saturated carbocycles. The molecule has 0 radical (unpaired) electrons. The second kappa shape index (κ2) is 12.8. The van der Waals surface area contributed by atoms with Crippen molar-refractivity contribution in [3.63, 3.8) is 0 Å². The van der Waals surface area contributed by atoms with Crippen LogP contribution in [0.15, 0.2) is 25.3 Å². The summed E-state index contributed by atoms with van der Waals surface area (Å²) >= 11 is 1.71. The molecule has 0 aromatic rings. The second-order valence-electron chi connectivity index (χ2n) is 11.0. The van der Waals surface area contributed by atoms with Crippen molar-refractivity contribution in [2.75, 3.05) is 26.3 Å². The first-order chi connectivity index (χ1) is 18.0. The quantitative estimate of drug-likeness (QED) is 0.206. The van der Waals surface area contributed by atoms with Crippen LogP contribution in [-0.2, 0) is 19.1 Å². The maximum atomic E-state index is 14.4. The van der Waals surface area contributed by atoms with Gasteiger partial charge in [-0.1, -0.05) is 44.3 Å². The summed E-state index contributed by atoms with van der Waals surface area (Å²) < 4.78 is 5.01. The van der Waals surface area contributed by atoms with Gasteiger partial charge >= 0.3 is 5.97 Å². The van der Waals surface area contributed by atoms with E-state index in [1.807, 2.05) is 9.80 Å². The number of carbonyl (C=O) groups is 3. The average molecular weight is 533 g/mol. The zero-order chi connectivity index (χ0) is 26.4. The molecule has 1 aliphatic carbocycles. The van der Waals surface area contributed by atoms with Crippen LogP contribution in [0.3, 0.4) is 0 Å². The maximum absolute atomic E-state index is 14.4. The molecular weight excluding hydrogens is 488 g/mol. The van der Waals surface area contributed by atoms with Crippen molar-refractivity contribution in [3.05, 3.63) is 25.3 Å². The number of hydrogen-bond acceptors (Lipinski definition) is 6. The van der Waals surface area contributed by atoms with Gasteiger partial charge in [-0.3, -0.25) is 14.4 Å². The van der Waals surface area contributed by atoms with Crippen LogP contribution in [0.1, 0.15) is 77.0 Å². The molecule has 1 spiro atoms. The Kier molecular flexibility index (Phi) is 9.79. The Morgan fingerprint density at radius 3 is 2.57 bits per heavy atom. The number of fused-ring (bicyclic) bond motifs is 1. The Morgan fingerprint density at radius 1 is 1.11 bits per heavy atom. The summed E-state index contributed by atoms with van der Waals surface area (Å²) in [5.74, 6) is -1.32. The molecule has 2 unspecified atom stereocenters. The molecule has 8 heteroatoms. The number of aliphatic hydroxyl groups excluding tert-OH is 1. The molecule has 4 aliphatic rings. The molecule has 0 aromatic carbocycles. The van der Waals surface area contributed by atoms with E-state index in [9.17, 15) is 14.4 Å². The molecule has 2 bridgehead atoms. The van der Waals surface area contributed by atoms with Gasteiger partial charge in [0.25, 0.3) is 0 Å².